The van der Waals surface area contributed by atoms with Gasteiger partial charge in [0.05, 0.1) is 10.6 Å². The number of sulfonamides is 1. The number of amides is 2. The van der Waals surface area contributed by atoms with E-state index in [0.717, 1.165) is 25.5 Å². The van der Waals surface area contributed by atoms with E-state index in [4.69, 9.17) is 4.74 Å². The van der Waals surface area contributed by atoms with Gasteiger partial charge >= 0.3 is 0 Å². The summed E-state index contributed by atoms with van der Waals surface area (Å²) >= 11 is 3.52. The lowest BCUT2D eigenvalue weighted by Gasteiger charge is -2.34. The Labute approximate surface area is 309 Å². The summed E-state index contributed by atoms with van der Waals surface area (Å²) in [6, 6.07) is 38.4. The number of para-hydroxylation sites is 1. The molecule has 264 valence electrons. The Kier molecular flexibility index (Phi) is 12.7. The van der Waals surface area contributed by atoms with Crippen LogP contribution in [-0.2, 0) is 32.6 Å². The van der Waals surface area contributed by atoms with Gasteiger partial charge < -0.3 is 15.0 Å². The summed E-state index contributed by atoms with van der Waals surface area (Å²) < 4.78 is 36.7. The van der Waals surface area contributed by atoms with Crippen LogP contribution in [0.25, 0.3) is 0 Å². The zero-order valence-electron chi connectivity index (χ0n) is 28.9. The number of anilines is 1. The summed E-state index contributed by atoms with van der Waals surface area (Å²) in [4.78, 5) is 30.3. The van der Waals surface area contributed by atoms with Crippen molar-refractivity contribution in [3.63, 3.8) is 0 Å². The second-order valence-corrected chi connectivity index (χ2v) is 15.5. The molecular formula is C41H42BrN3O5S. The van der Waals surface area contributed by atoms with Crippen LogP contribution in [0.5, 0.6) is 11.5 Å². The molecule has 0 heterocycles. The van der Waals surface area contributed by atoms with E-state index in [1.807, 2.05) is 106 Å². The number of carbonyl (C=O) groups excluding carboxylic acids is 2. The molecule has 1 N–H and O–H groups in total. The van der Waals surface area contributed by atoms with E-state index in [1.165, 1.54) is 17.0 Å². The van der Waals surface area contributed by atoms with Gasteiger partial charge in [0.25, 0.3) is 10.0 Å². The van der Waals surface area contributed by atoms with Crippen LogP contribution < -0.4 is 14.4 Å². The number of rotatable bonds is 15. The average Bonchev–Trinajstić information content (AvgIpc) is 3.12. The smallest absolute Gasteiger partial charge is 0.264 e. The molecular weight excluding hydrogens is 726 g/mol. The zero-order chi connectivity index (χ0) is 36.4. The monoisotopic (exact) mass is 767 g/mol. The molecule has 0 saturated carbocycles. The minimum Gasteiger partial charge on any atom is -0.457 e. The molecule has 5 aromatic carbocycles. The molecule has 8 nitrogen and oxygen atoms in total. The van der Waals surface area contributed by atoms with Crippen molar-refractivity contribution >= 4 is 43.5 Å². The van der Waals surface area contributed by atoms with Crippen LogP contribution in [0.2, 0.25) is 0 Å². The van der Waals surface area contributed by atoms with E-state index in [0.29, 0.717) is 18.0 Å². The predicted octanol–water partition coefficient (Wildman–Crippen LogP) is 8.16. The average molecular weight is 769 g/mol. The molecule has 0 aliphatic carbocycles. The van der Waals surface area contributed by atoms with Gasteiger partial charge in [-0.1, -0.05) is 108 Å². The lowest BCUT2D eigenvalue weighted by molar-refractivity contribution is -0.140. The molecule has 0 bridgehead atoms. The molecule has 1 atom stereocenters. The van der Waals surface area contributed by atoms with Crippen molar-refractivity contribution in [2.24, 2.45) is 5.92 Å². The molecule has 51 heavy (non-hydrogen) atoms. The molecule has 2 amide bonds. The first-order valence-corrected chi connectivity index (χ1v) is 19.0. The van der Waals surface area contributed by atoms with Crippen molar-refractivity contribution in [3.8, 4) is 11.5 Å². The lowest BCUT2D eigenvalue weighted by atomic mass is 10.0. The maximum Gasteiger partial charge on any atom is 0.264 e. The van der Waals surface area contributed by atoms with Crippen molar-refractivity contribution in [3.05, 3.63) is 155 Å². The van der Waals surface area contributed by atoms with Gasteiger partial charge in [0.2, 0.25) is 11.8 Å². The first kappa shape index (κ1) is 37.3. The van der Waals surface area contributed by atoms with Crippen molar-refractivity contribution in [2.45, 2.75) is 44.7 Å². The van der Waals surface area contributed by atoms with Gasteiger partial charge in [-0.2, -0.15) is 0 Å². The summed E-state index contributed by atoms with van der Waals surface area (Å²) in [6.45, 7) is 5.83. The Balaban J connectivity index is 1.56. The summed E-state index contributed by atoms with van der Waals surface area (Å²) in [6.07, 6.45) is 0.237. The van der Waals surface area contributed by atoms with Crippen LogP contribution in [0.3, 0.4) is 0 Å². The Morgan fingerprint density at radius 1 is 0.765 bits per heavy atom. The lowest BCUT2D eigenvalue weighted by Crippen LogP contribution is -2.53. The first-order valence-electron chi connectivity index (χ1n) is 16.8. The summed E-state index contributed by atoms with van der Waals surface area (Å²) in [7, 11) is -4.24. The molecule has 10 heteroatoms. The van der Waals surface area contributed by atoms with Crippen molar-refractivity contribution < 1.29 is 22.7 Å². The van der Waals surface area contributed by atoms with Gasteiger partial charge in [0.15, 0.2) is 0 Å². The summed E-state index contributed by atoms with van der Waals surface area (Å²) in [5.74, 6) is 0.477. The van der Waals surface area contributed by atoms with Crippen LogP contribution >= 0.6 is 15.9 Å². The summed E-state index contributed by atoms with van der Waals surface area (Å²) in [5, 5.41) is 3.02. The van der Waals surface area contributed by atoms with Crippen molar-refractivity contribution in [2.75, 3.05) is 17.4 Å². The van der Waals surface area contributed by atoms with E-state index in [2.05, 4.69) is 21.2 Å². The van der Waals surface area contributed by atoms with E-state index in [9.17, 15) is 18.0 Å². The number of hydrogen-bond donors (Lipinski definition) is 1. The molecule has 5 rings (SSSR count). The normalized spacial score (nSPS) is 11.9. The Morgan fingerprint density at radius 3 is 2.00 bits per heavy atom. The quantitative estimate of drug-likeness (QED) is 0.116. The highest BCUT2D eigenvalue weighted by molar-refractivity contribution is 9.10. The molecule has 0 aliphatic heterocycles. The Hall–Kier alpha value is -4.93. The van der Waals surface area contributed by atoms with Gasteiger partial charge in [-0.15, -0.1) is 0 Å². The molecule has 1 unspecified atom stereocenters. The third kappa shape index (κ3) is 10.3. The van der Waals surface area contributed by atoms with Gasteiger partial charge in [-0.3, -0.25) is 13.9 Å². The fourth-order valence-electron chi connectivity index (χ4n) is 5.48. The van der Waals surface area contributed by atoms with Gasteiger partial charge in [0, 0.05) is 24.0 Å². The maximum atomic E-state index is 14.7. The van der Waals surface area contributed by atoms with Gasteiger partial charge in [0.1, 0.15) is 24.1 Å². The van der Waals surface area contributed by atoms with Crippen LogP contribution in [0.1, 0.15) is 30.5 Å². The van der Waals surface area contributed by atoms with Gasteiger partial charge in [-0.25, -0.2) is 8.42 Å². The number of carbonyl (C=O) groups is 2. The minimum atomic E-state index is -4.24. The zero-order valence-corrected chi connectivity index (χ0v) is 31.3. The second-order valence-electron chi connectivity index (χ2n) is 12.7. The van der Waals surface area contributed by atoms with Crippen molar-refractivity contribution in [1.82, 2.24) is 10.2 Å². The number of benzene rings is 5. The first-order chi connectivity index (χ1) is 24.5. The topological polar surface area (TPSA) is 96.0 Å². The molecule has 0 saturated heterocycles. The highest BCUT2D eigenvalue weighted by Crippen LogP contribution is 2.29. The fourth-order valence-corrected chi connectivity index (χ4v) is 7.34. The van der Waals surface area contributed by atoms with Crippen LogP contribution in [0.15, 0.2) is 143 Å². The molecule has 0 radical (unpaired) electrons. The van der Waals surface area contributed by atoms with Crippen LogP contribution in [0.4, 0.5) is 5.69 Å². The molecule has 0 fully saturated rings. The number of aryl methyl sites for hydroxylation is 1. The number of halogens is 1. The standard InChI is InChI=1S/C41H42BrN3O5S/c1-30(2)27-43-41(47)39(26-32-11-6-4-7-12-32)44(28-33-13-10-14-34(42)25-33)40(46)29-45(51(48,49)38-23-17-31(3)18-24-38)35-19-21-37(22-20-35)50-36-15-8-5-9-16-36/h4-25,30,39H,26-29H2,1-3H3,(H,43,47). The minimum absolute atomic E-state index is 0.0413. The Morgan fingerprint density at radius 2 is 1.37 bits per heavy atom. The van der Waals surface area contributed by atoms with E-state index in [-0.39, 0.29) is 35.4 Å². The van der Waals surface area contributed by atoms with E-state index >= 15 is 0 Å². The molecule has 5 aromatic rings. The van der Waals surface area contributed by atoms with Crippen LogP contribution in [0, 0.1) is 12.8 Å². The van der Waals surface area contributed by atoms with E-state index < -0.39 is 28.5 Å². The maximum absolute atomic E-state index is 14.7. The van der Waals surface area contributed by atoms with Gasteiger partial charge in [-0.05, 0) is 84.6 Å². The largest absolute Gasteiger partial charge is 0.457 e. The number of hydrogen-bond acceptors (Lipinski definition) is 5. The highest BCUT2D eigenvalue weighted by atomic mass is 79.9. The molecule has 0 aromatic heterocycles. The summed E-state index contributed by atoms with van der Waals surface area (Å²) in [5.41, 5.74) is 2.82. The predicted molar refractivity (Wildman–Crippen MR) is 205 cm³/mol. The third-order valence-electron chi connectivity index (χ3n) is 8.19. The number of nitrogens with zero attached hydrogens (tertiary/aromatic N) is 2. The number of ether oxygens (including phenoxy) is 1. The third-order valence-corrected chi connectivity index (χ3v) is 10.5. The highest BCUT2D eigenvalue weighted by Gasteiger charge is 2.34. The Bertz CT molecular complexity index is 2010. The SMILES string of the molecule is Cc1ccc(S(=O)(=O)N(CC(=O)N(Cc2cccc(Br)c2)C(Cc2ccccc2)C(=O)NCC(C)C)c2ccc(Oc3ccccc3)cc2)cc1. The molecule has 0 spiro atoms. The van der Waals surface area contributed by atoms with Crippen LogP contribution in [-0.4, -0.2) is 44.3 Å². The number of nitrogens with one attached hydrogen (secondary N) is 1. The fraction of sp³-hybridized carbons (Fsp3) is 0.220. The van der Waals surface area contributed by atoms with E-state index in [1.54, 1.807) is 36.4 Å². The second kappa shape index (κ2) is 17.3. The van der Waals surface area contributed by atoms with Crippen molar-refractivity contribution in [1.29, 1.82) is 0 Å². The molecule has 0 aliphatic rings.